The van der Waals surface area contributed by atoms with E-state index in [1.54, 1.807) is 17.0 Å². The van der Waals surface area contributed by atoms with Crippen LogP contribution in [0.25, 0.3) is 0 Å². The van der Waals surface area contributed by atoms with Crippen molar-refractivity contribution >= 4 is 23.4 Å². The molecule has 2 aromatic carbocycles. The van der Waals surface area contributed by atoms with Crippen molar-refractivity contribution in [1.82, 2.24) is 10.2 Å². The van der Waals surface area contributed by atoms with Gasteiger partial charge in [0.25, 0.3) is 5.91 Å². The van der Waals surface area contributed by atoms with Crippen LogP contribution in [0.3, 0.4) is 0 Å². The molecule has 1 N–H and O–H groups in total. The van der Waals surface area contributed by atoms with Crippen molar-refractivity contribution in [2.45, 2.75) is 71.9 Å². The topological polar surface area (TPSA) is 58.6 Å². The second-order valence-electron chi connectivity index (χ2n) is 9.28. The molecule has 0 bridgehead atoms. The van der Waals surface area contributed by atoms with Crippen LogP contribution in [0, 0.1) is 0 Å². The number of ether oxygens (including phenoxy) is 1. The summed E-state index contributed by atoms with van der Waals surface area (Å²) in [5.74, 6) is 0.258. The summed E-state index contributed by atoms with van der Waals surface area (Å²) in [6.45, 7) is 11.2. The van der Waals surface area contributed by atoms with E-state index < -0.39 is 6.04 Å². The third kappa shape index (κ3) is 8.39. The van der Waals surface area contributed by atoms with E-state index in [9.17, 15) is 9.59 Å². The summed E-state index contributed by atoms with van der Waals surface area (Å²) in [5.41, 5.74) is 2.14. The van der Waals surface area contributed by atoms with Crippen LogP contribution in [0.2, 0.25) is 5.02 Å². The van der Waals surface area contributed by atoms with E-state index in [4.69, 9.17) is 16.3 Å². The molecular weight excluding hydrogens is 436 g/mol. The summed E-state index contributed by atoms with van der Waals surface area (Å²) >= 11 is 6.01. The van der Waals surface area contributed by atoms with Crippen molar-refractivity contribution in [2.75, 3.05) is 13.2 Å². The monoisotopic (exact) mass is 472 g/mol. The fraction of sp³-hybridized carbons (Fsp3) is 0.481. The van der Waals surface area contributed by atoms with Crippen molar-refractivity contribution in [3.63, 3.8) is 0 Å². The Hall–Kier alpha value is -2.53. The molecule has 0 spiro atoms. The number of nitrogens with one attached hydrogen (secondary N) is 1. The molecule has 0 aromatic heterocycles. The largest absolute Gasteiger partial charge is 0.484 e. The summed E-state index contributed by atoms with van der Waals surface area (Å²) in [5, 5.41) is 3.59. The Kier molecular flexibility index (Phi) is 10.2. The average molecular weight is 473 g/mol. The molecule has 0 aliphatic rings. The zero-order chi connectivity index (χ0) is 24.4. The van der Waals surface area contributed by atoms with Crippen LogP contribution < -0.4 is 10.1 Å². The van der Waals surface area contributed by atoms with Gasteiger partial charge in [-0.3, -0.25) is 9.59 Å². The maximum atomic E-state index is 13.2. The highest BCUT2D eigenvalue weighted by Crippen LogP contribution is 2.24. The normalized spacial score (nSPS) is 12.2. The number of halogens is 1. The number of unbranched alkanes of at least 4 members (excludes halogenated alkanes) is 1. The number of carbonyl (C=O) groups excluding carboxylic acids is 2. The fourth-order valence-electron chi connectivity index (χ4n) is 3.49. The van der Waals surface area contributed by atoms with Crippen LogP contribution in [-0.4, -0.2) is 35.9 Å². The van der Waals surface area contributed by atoms with Crippen molar-refractivity contribution in [1.29, 1.82) is 0 Å². The molecule has 2 aromatic rings. The number of rotatable bonds is 11. The van der Waals surface area contributed by atoms with E-state index in [1.807, 2.05) is 43.3 Å². The number of hydrogen-bond donors (Lipinski definition) is 1. The Bertz CT molecular complexity index is 889. The van der Waals surface area contributed by atoms with Crippen molar-refractivity contribution in [2.24, 2.45) is 0 Å². The highest BCUT2D eigenvalue weighted by molar-refractivity contribution is 6.30. The van der Waals surface area contributed by atoms with E-state index in [-0.39, 0.29) is 23.8 Å². The van der Waals surface area contributed by atoms with Gasteiger partial charge in [0.05, 0.1) is 0 Å². The Labute approximate surface area is 203 Å². The van der Waals surface area contributed by atoms with Crippen molar-refractivity contribution in [3.8, 4) is 5.75 Å². The lowest BCUT2D eigenvalue weighted by atomic mass is 9.87. The molecular formula is C27H37ClN2O3. The standard InChI is InChI=1S/C27H37ClN2O3/c1-6-8-17-29-26(32)24(7-2)30(18-20-9-13-22(28)14-10-20)25(31)19-33-23-15-11-21(12-16-23)27(3,4)5/h9-16,24H,6-8,17-19H2,1-5H3,(H,29,32)/t24-/m0/s1. The molecule has 2 rings (SSSR count). The molecule has 180 valence electrons. The number of nitrogens with zero attached hydrogens (tertiary/aromatic N) is 1. The SMILES string of the molecule is CCCCNC(=O)[C@H](CC)N(Cc1ccc(Cl)cc1)C(=O)COc1ccc(C(C)(C)C)cc1. The Morgan fingerprint density at radius 1 is 1.03 bits per heavy atom. The first kappa shape index (κ1) is 26.7. The molecule has 0 saturated carbocycles. The first-order valence-corrected chi connectivity index (χ1v) is 12.1. The lowest BCUT2D eigenvalue weighted by Crippen LogP contribution is -2.50. The molecule has 0 aliphatic heterocycles. The Morgan fingerprint density at radius 2 is 1.67 bits per heavy atom. The molecule has 6 heteroatoms. The van der Waals surface area contributed by atoms with Crippen LogP contribution in [0.4, 0.5) is 0 Å². The first-order chi connectivity index (χ1) is 15.7. The Balaban J connectivity index is 2.15. The van der Waals surface area contributed by atoms with Gasteiger partial charge in [-0.15, -0.1) is 0 Å². The van der Waals surface area contributed by atoms with Crippen LogP contribution in [0.1, 0.15) is 65.0 Å². The number of amides is 2. The van der Waals surface area contributed by atoms with Crippen LogP contribution in [-0.2, 0) is 21.5 Å². The molecule has 0 radical (unpaired) electrons. The van der Waals surface area contributed by atoms with E-state index in [0.29, 0.717) is 30.3 Å². The maximum absolute atomic E-state index is 13.2. The highest BCUT2D eigenvalue weighted by Gasteiger charge is 2.28. The van der Waals surface area contributed by atoms with Gasteiger partial charge in [-0.1, -0.05) is 76.9 Å². The molecule has 5 nitrogen and oxygen atoms in total. The van der Waals surface area contributed by atoms with E-state index >= 15 is 0 Å². The van der Waals surface area contributed by atoms with Gasteiger partial charge in [0.2, 0.25) is 5.91 Å². The molecule has 0 saturated heterocycles. The number of benzene rings is 2. The fourth-order valence-corrected chi connectivity index (χ4v) is 3.62. The molecule has 2 amide bonds. The van der Waals surface area contributed by atoms with Gasteiger partial charge >= 0.3 is 0 Å². The lowest BCUT2D eigenvalue weighted by molar-refractivity contribution is -0.143. The zero-order valence-corrected chi connectivity index (χ0v) is 21.2. The number of hydrogen-bond acceptors (Lipinski definition) is 3. The molecule has 1 atom stereocenters. The summed E-state index contributed by atoms with van der Waals surface area (Å²) < 4.78 is 5.80. The molecule has 0 heterocycles. The minimum atomic E-state index is -0.572. The van der Waals surface area contributed by atoms with Crippen molar-refractivity contribution < 1.29 is 14.3 Å². The van der Waals surface area contributed by atoms with E-state index in [2.05, 4.69) is 33.0 Å². The van der Waals surface area contributed by atoms with Gasteiger partial charge in [-0.2, -0.15) is 0 Å². The summed E-state index contributed by atoms with van der Waals surface area (Å²) in [4.78, 5) is 27.7. The number of carbonyl (C=O) groups is 2. The Morgan fingerprint density at radius 3 is 2.21 bits per heavy atom. The maximum Gasteiger partial charge on any atom is 0.261 e. The van der Waals surface area contributed by atoms with E-state index in [1.165, 1.54) is 5.56 Å². The summed E-state index contributed by atoms with van der Waals surface area (Å²) in [6, 6.07) is 14.5. The van der Waals surface area contributed by atoms with E-state index in [0.717, 1.165) is 18.4 Å². The average Bonchev–Trinajstić information content (AvgIpc) is 2.78. The molecule has 33 heavy (non-hydrogen) atoms. The quantitative estimate of drug-likeness (QED) is 0.424. The van der Waals surface area contributed by atoms with Gasteiger partial charge < -0.3 is 15.0 Å². The van der Waals surface area contributed by atoms with Gasteiger partial charge in [0.15, 0.2) is 6.61 Å². The van der Waals surface area contributed by atoms with Crippen molar-refractivity contribution in [3.05, 3.63) is 64.7 Å². The third-order valence-corrected chi connectivity index (χ3v) is 5.82. The summed E-state index contributed by atoms with van der Waals surface area (Å²) in [7, 11) is 0. The summed E-state index contributed by atoms with van der Waals surface area (Å²) in [6.07, 6.45) is 2.41. The predicted octanol–water partition coefficient (Wildman–Crippen LogP) is 5.74. The van der Waals surface area contributed by atoms with Gasteiger partial charge in [0.1, 0.15) is 11.8 Å². The van der Waals surface area contributed by atoms with Crippen LogP contribution in [0.5, 0.6) is 5.75 Å². The molecule has 0 aliphatic carbocycles. The van der Waals surface area contributed by atoms with Gasteiger partial charge in [-0.05, 0) is 53.6 Å². The second-order valence-corrected chi connectivity index (χ2v) is 9.72. The van der Waals surface area contributed by atoms with Gasteiger partial charge in [0, 0.05) is 18.1 Å². The molecule has 0 unspecified atom stereocenters. The predicted molar refractivity (Wildman–Crippen MR) is 135 cm³/mol. The lowest BCUT2D eigenvalue weighted by Gasteiger charge is -2.30. The third-order valence-electron chi connectivity index (χ3n) is 5.56. The van der Waals surface area contributed by atoms with Crippen LogP contribution in [0.15, 0.2) is 48.5 Å². The first-order valence-electron chi connectivity index (χ1n) is 11.7. The smallest absolute Gasteiger partial charge is 0.261 e. The minimum absolute atomic E-state index is 0.0449. The zero-order valence-electron chi connectivity index (χ0n) is 20.5. The molecule has 0 fully saturated rings. The highest BCUT2D eigenvalue weighted by atomic mass is 35.5. The minimum Gasteiger partial charge on any atom is -0.484 e. The van der Waals surface area contributed by atoms with Gasteiger partial charge in [-0.25, -0.2) is 0 Å². The second kappa shape index (κ2) is 12.6. The van der Waals surface area contributed by atoms with Crippen LogP contribution >= 0.6 is 11.6 Å².